The number of nitrogens with one attached hydrogen (secondary N) is 1. The molecule has 0 atom stereocenters. The van der Waals surface area contributed by atoms with E-state index < -0.39 is 0 Å². The van der Waals surface area contributed by atoms with E-state index in [0.29, 0.717) is 29.0 Å². The molecule has 3 aromatic rings. The van der Waals surface area contributed by atoms with E-state index in [0.717, 1.165) is 17.7 Å². The molecule has 0 unspecified atom stereocenters. The zero-order valence-electron chi connectivity index (χ0n) is 13.5. The number of hydrogen-bond donors (Lipinski definition) is 1. The summed E-state index contributed by atoms with van der Waals surface area (Å²) in [5.41, 5.74) is 2.98. The van der Waals surface area contributed by atoms with Crippen LogP contribution in [0.15, 0.2) is 47.0 Å². The van der Waals surface area contributed by atoms with Crippen LogP contribution in [0.25, 0.3) is 11.4 Å². The molecular formula is C18H18ClN3O2. The molecule has 1 heterocycles. The van der Waals surface area contributed by atoms with Crippen molar-refractivity contribution in [3.63, 3.8) is 0 Å². The van der Waals surface area contributed by atoms with Gasteiger partial charge in [0.05, 0.1) is 19.3 Å². The molecular weight excluding hydrogens is 326 g/mol. The van der Waals surface area contributed by atoms with E-state index in [9.17, 15) is 0 Å². The first-order valence-electron chi connectivity index (χ1n) is 7.69. The number of ether oxygens (including phenoxy) is 1. The number of aryl methyl sites for hydroxylation is 1. The Bertz CT molecular complexity index is 815. The summed E-state index contributed by atoms with van der Waals surface area (Å²) in [6.07, 6.45) is 1.00. The van der Waals surface area contributed by atoms with Crippen molar-refractivity contribution in [2.24, 2.45) is 0 Å². The Morgan fingerprint density at radius 1 is 1.17 bits per heavy atom. The second-order valence-electron chi connectivity index (χ2n) is 5.26. The van der Waals surface area contributed by atoms with Crippen molar-refractivity contribution in [1.29, 1.82) is 0 Å². The number of hydrogen-bond acceptors (Lipinski definition) is 5. The molecule has 1 aromatic heterocycles. The maximum absolute atomic E-state index is 6.02. The Hall–Kier alpha value is -2.53. The summed E-state index contributed by atoms with van der Waals surface area (Å²) in [4.78, 5) is 4.41. The lowest BCUT2D eigenvalue weighted by Gasteiger charge is -2.09. The zero-order chi connectivity index (χ0) is 16.9. The SMILES string of the molecule is CCc1ccc(-c2noc(CNc3cc(Cl)ccc3OC)n2)cc1. The maximum Gasteiger partial charge on any atom is 0.246 e. The van der Waals surface area contributed by atoms with Gasteiger partial charge in [0.1, 0.15) is 5.75 Å². The fourth-order valence-corrected chi connectivity index (χ4v) is 2.49. The Morgan fingerprint density at radius 3 is 2.67 bits per heavy atom. The summed E-state index contributed by atoms with van der Waals surface area (Å²) in [5, 5.41) is 7.86. The zero-order valence-corrected chi connectivity index (χ0v) is 14.3. The first-order valence-corrected chi connectivity index (χ1v) is 8.06. The van der Waals surface area contributed by atoms with Crippen LogP contribution in [0.5, 0.6) is 5.75 Å². The Labute approximate surface area is 145 Å². The van der Waals surface area contributed by atoms with Crippen molar-refractivity contribution >= 4 is 17.3 Å². The predicted molar refractivity (Wildman–Crippen MR) is 94.4 cm³/mol. The second-order valence-corrected chi connectivity index (χ2v) is 5.70. The summed E-state index contributed by atoms with van der Waals surface area (Å²) in [6, 6.07) is 13.5. The van der Waals surface area contributed by atoms with Crippen molar-refractivity contribution in [3.8, 4) is 17.1 Å². The molecule has 6 heteroatoms. The summed E-state index contributed by atoms with van der Waals surface area (Å²) in [5.74, 6) is 1.77. The van der Waals surface area contributed by atoms with Crippen LogP contribution in [0, 0.1) is 0 Å². The van der Waals surface area contributed by atoms with Gasteiger partial charge in [0, 0.05) is 10.6 Å². The molecule has 124 valence electrons. The van der Waals surface area contributed by atoms with Gasteiger partial charge in [0.2, 0.25) is 11.7 Å². The maximum atomic E-state index is 6.02. The minimum absolute atomic E-state index is 0.386. The van der Waals surface area contributed by atoms with Gasteiger partial charge in [-0.25, -0.2) is 0 Å². The number of aromatic nitrogens is 2. The van der Waals surface area contributed by atoms with E-state index in [-0.39, 0.29) is 0 Å². The van der Waals surface area contributed by atoms with E-state index >= 15 is 0 Å². The molecule has 3 rings (SSSR count). The highest BCUT2D eigenvalue weighted by molar-refractivity contribution is 6.30. The third-order valence-electron chi connectivity index (χ3n) is 3.68. The molecule has 0 amide bonds. The van der Waals surface area contributed by atoms with Crippen LogP contribution in [-0.2, 0) is 13.0 Å². The number of nitrogens with zero attached hydrogens (tertiary/aromatic N) is 2. The summed E-state index contributed by atoms with van der Waals surface area (Å²) >= 11 is 6.02. The lowest BCUT2D eigenvalue weighted by atomic mass is 10.1. The molecule has 0 aliphatic heterocycles. The standard InChI is InChI=1S/C18H18ClN3O2/c1-3-12-4-6-13(7-5-12)18-21-17(24-22-18)11-20-15-10-14(19)8-9-16(15)23-2/h4-10,20H,3,11H2,1-2H3. The largest absolute Gasteiger partial charge is 0.495 e. The van der Waals surface area contributed by atoms with Crippen molar-refractivity contribution < 1.29 is 9.26 Å². The quantitative estimate of drug-likeness (QED) is 0.710. The first kappa shape index (κ1) is 16.3. The molecule has 0 radical (unpaired) electrons. The van der Waals surface area contributed by atoms with E-state index in [4.69, 9.17) is 20.9 Å². The van der Waals surface area contributed by atoms with Gasteiger partial charge in [-0.15, -0.1) is 0 Å². The lowest BCUT2D eigenvalue weighted by Crippen LogP contribution is -2.01. The predicted octanol–water partition coefficient (Wildman–Crippen LogP) is 4.57. The van der Waals surface area contributed by atoms with Crippen LogP contribution in [0.2, 0.25) is 5.02 Å². The summed E-state index contributed by atoms with van der Waals surface area (Å²) < 4.78 is 10.6. The minimum Gasteiger partial charge on any atom is -0.495 e. The van der Waals surface area contributed by atoms with Crippen molar-refractivity contribution in [1.82, 2.24) is 10.1 Å². The molecule has 0 aliphatic carbocycles. The third kappa shape index (κ3) is 3.68. The molecule has 2 aromatic carbocycles. The second kappa shape index (κ2) is 7.36. The van der Waals surface area contributed by atoms with Crippen LogP contribution >= 0.6 is 11.6 Å². The average Bonchev–Trinajstić information content (AvgIpc) is 3.09. The highest BCUT2D eigenvalue weighted by Crippen LogP contribution is 2.28. The normalized spacial score (nSPS) is 10.6. The molecule has 0 saturated carbocycles. The van der Waals surface area contributed by atoms with Crippen molar-refractivity contribution in [3.05, 3.63) is 58.9 Å². The summed E-state index contributed by atoms with van der Waals surface area (Å²) in [6.45, 7) is 2.51. The molecule has 5 nitrogen and oxygen atoms in total. The van der Waals surface area contributed by atoms with E-state index in [1.54, 1.807) is 25.3 Å². The van der Waals surface area contributed by atoms with Gasteiger partial charge in [0.25, 0.3) is 0 Å². The van der Waals surface area contributed by atoms with Crippen molar-refractivity contribution in [2.45, 2.75) is 19.9 Å². The monoisotopic (exact) mass is 343 g/mol. The Balaban J connectivity index is 1.71. The van der Waals surface area contributed by atoms with Gasteiger partial charge in [-0.05, 0) is 30.2 Å². The fourth-order valence-electron chi connectivity index (χ4n) is 2.32. The molecule has 24 heavy (non-hydrogen) atoms. The van der Waals surface area contributed by atoms with Gasteiger partial charge in [-0.3, -0.25) is 0 Å². The fraction of sp³-hybridized carbons (Fsp3) is 0.222. The van der Waals surface area contributed by atoms with E-state index in [1.165, 1.54) is 5.56 Å². The van der Waals surface area contributed by atoms with Gasteiger partial charge in [-0.2, -0.15) is 4.98 Å². The lowest BCUT2D eigenvalue weighted by molar-refractivity contribution is 0.383. The van der Waals surface area contributed by atoms with Crippen LogP contribution in [0.3, 0.4) is 0 Å². The van der Waals surface area contributed by atoms with Gasteiger partial charge in [0.15, 0.2) is 0 Å². The third-order valence-corrected chi connectivity index (χ3v) is 3.92. The number of anilines is 1. The number of halogens is 1. The van der Waals surface area contributed by atoms with Crippen molar-refractivity contribution in [2.75, 3.05) is 12.4 Å². The van der Waals surface area contributed by atoms with Gasteiger partial charge < -0.3 is 14.6 Å². The van der Waals surface area contributed by atoms with Crippen LogP contribution in [0.1, 0.15) is 18.4 Å². The highest BCUT2D eigenvalue weighted by Gasteiger charge is 2.10. The average molecular weight is 344 g/mol. The Kier molecular flexibility index (Phi) is 5.01. The summed E-state index contributed by atoms with van der Waals surface area (Å²) in [7, 11) is 1.61. The smallest absolute Gasteiger partial charge is 0.246 e. The molecule has 0 saturated heterocycles. The number of methoxy groups -OCH3 is 1. The van der Waals surface area contributed by atoms with Crippen LogP contribution in [-0.4, -0.2) is 17.3 Å². The van der Waals surface area contributed by atoms with Gasteiger partial charge in [-0.1, -0.05) is 47.9 Å². The van der Waals surface area contributed by atoms with Gasteiger partial charge >= 0.3 is 0 Å². The highest BCUT2D eigenvalue weighted by atomic mass is 35.5. The van der Waals surface area contributed by atoms with Crippen LogP contribution in [0.4, 0.5) is 5.69 Å². The molecule has 0 fully saturated rings. The first-order chi connectivity index (χ1) is 11.7. The van der Waals surface area contributed by atoms with E-state index in [1.807, 2.05) is 12.1 Å². The number of rotatable bonds is 6. The number of benzene rings is 2. The van der Waals surface area contributed by atoms with Crippen LogP contribution < -0.4 is 10.1 Å². The topological polar surface area (TPSA) is 60.2 Å². The molecule has 1 N–H and O–H groups in total. The Morgan fingerprint density at radius 2 is 1.96 bits per heavy atom. The minimum atomic E-state index is 0.386. The van der Waals surface area contributed by atoms with E-state index in [2.05, 4.69) is 34.5 Å². The molecule has 0 bridgehead atoms. The molecule has 0 aliphatic rings. The molecule has 0 spiro atoms.